The Hall–Kier alpha value is -1.87. The van der Waals surface area contributed by atoms with Crippen molar-refractivity contribution in [3.8, 4) is 10.8 Å². The van der Waals surface area contributed by atoms with Crippen LogP contribution in [0.1, 0.15) is 32.4 Å². The maximum atomic E-state index is 10.3. The van der Waals surface area contributed by atoms with Crippen molar-refractivity contribution >= 4 is 17.5 Å². The van der Waals surface area contributed by atoms with Gasteiger partial charge in [0.15, 0.2) is 0 Å². The molecule has 0 atom stereocenters. The van der Waals surface area contributed by atoms with Gasteiger partial charge in [-0.2, -0.15) is 0 Å². The molecule has 1 N–H and O–H groups in total. The van der Waals surface area contributed by atoms with Crippen LogP contribution in [-0.4, -0.2) is 37.5 Å². The smallest absolute Gasteiger partial charge is 0.329 e. The van der Waals surface area contributed by atoms with Gasteiger partial charge < -0.3 is 14.3 Å². The van der Waals surface area contributed by atoms with E-state index < -0.39 is 12.6 Å². The first-order valence-corrected chi connectivity index (χ1v) is 6.60. The summed E-state index contributed by atoms with van der Waals surface area (Å²) in [5.74, 6) is -0.514. The summed E-state index contributed by atoms with van der Waals surface area (Å²) in [5.41, 5.74) is 0.598. The number of aromatic nitrogens is 4. The maximum absolute atomic E-state index is 10.3. The van der Waals surface area contributed by atoms with Crippen molar-refractivity contribution in [2.45, 2.75) is 32.8 Å². The molecule has 0 aliphatic carbocycles. The van der Waals surface area contributed by atoms with Crippen molar-refractivity contribution in [1.29, 1.82) is 0 Å². The van der Waals surface area contributed by atoms with E-state index in [1.165, 1.54) is 11.5 Å². The number of ether oxygens (including phenoxy) is 1. The van der Waals surface area contributed by atoms with Crippen LogP contribution >= 0.6 is 11.5 Å². The van der Waals surface area contributed by atoms with Crippen LogP contribution in [0.25, 0.3) is 10.8 Å². The molecule has 0 spiro atoms. The molecule has 0 unspecified atom stereocenters. The lowest BCUT2D eigenvalue weighted by Crippen LogP contribution is -2.13. The minimum atomic E-state index is -1.05. The Morgan fingerprint density at radius 1 is 1.35 bits per heavy atom. The SMILES string of the molecule is CC(C)(C)c1nnsc1-c1nnc(COCC(=O)O)o1. The van der Waals surface area contributed by atoms with Crippen LogP contribution in [-0.2, 0) is 21.6 Å². The van der Waals surface area contributed by atoms with E-state index in [2.05, 4.69) is 19.8 Å². The van der Waals surface area contributed by atoms with Crippen molar-refractivity contribution in [1.82, 2.24) is 19.8 Å². The molecule has 0 radical (unpaired) electrons. The summed E-state index contributed by atoms with van der Waals surface area (Å²) in [5, 5.41) is 20.3. The van der Waals surface area contributed by atoms with Gasteiger partial charge in [0.05, 0.1) is 5.69 Å². The van der Waals surface area contributed by atoms with Gasteiger partial charge in [-0.1, -0.05) is 25.3 Å². The zero-order valence-electron chi connectivity index (χ0n) is 11.3. The lowest BCUT2D eigenvalue weighted by atomic mass is 9.91. The predicted molar refractivity (Wildman–Crippen MR) is 69.2 cm³/mol. The minimum absolute atomic E-state index is 0.0453. The predicted octanol–water partition coefficient (Wildman–Crippen LogP) is 1.49. The lowest BCUT2D eigenvalue weighted by molar-refractivity contribution is -0.142. The number of carbonyl (C=O) groups is 1. The molecule has 0 amide bonds. The summed E-state index contributed by atoms with van der Waals surface area (Å²) in [6.07, 6.45) is 0. The molecule has 0 fully saturated rings. The molecule has 0 aromatic carbocycles. The van der Waals surface area contributed by atoms with Gasteiger partial charge in [-0.05, 0) is 11.5 Å². The van der Waals surface area contributed by atoms with E-state index in [1.54, 1.807) is 0 Å². The van der Waals surface area contributed by atoms with E-state index in [0.717, 1.165) is 10.6 Å². The minimum Gasteiger partial charge on any atom is -0.480 e. The highest BCUT2D eigenvalue weighted by molar-refractivity contribution is 7.09. The van der Waals surface area contributed by atoms with E-state index in [0.29, 0.717) is 5.89 Å². The van der Waals surface area contributed by atoms with Gasteiger partial charge in [-0.15, -0.1) is 15.3 Å². The lowest BCUT2D eigenvalue weighted by Gasteiger charge is -2.14. The van der Waals surface area contributed by atoms with E-state index in [4.69, 9.17) is 14.3 Å². The van der Waals surface area contributed by atoms with Gasteiger partial charge >= 0.3 is 5.97 Å². The third-order valence-corrected chi connectivity index (χ3v) is 3.02. The highest BCUT2D eigenvalue weighted by atomic mass is 32.1. The largest absolute Gasteiger partial charge is 0.480 e. The molecule has 2 heterocycles. The molecular formula is C11H14N4O4S. The molecule has 0 saturated heterocycles. The van der Waals surface area contributed by atoms with Gasteiger partial charge in [-0.25, -0.2) is 4.79 Å². The van der Waals surface area contributed by atoms with Crippen LogP contribution in [0, 0.1) is 0 Å². The van der Waals surface area contributed by atoms with Gasteiger partial charge in [0.1, 0.15) is 18.1 Å². The fourth-order valence-electron chi connectivity index (χ4n) is 1.45. The summed E-state index contributed by atoms with van der Waals surface area (Å²) in [6, 6.07) is 0. The number of nitrogens with zero attached hydrogens (tertiary/aromatic N) is 4. The zero-order valence-corrected chi connectivity index (χ0v) is 12.1. The van der Waals surface area contributed by atoms with E-state index >= 15 is 0 Å². The van der Waals surface area contributed by atoms with Crippen molar-refractivity contribution in [2.75, 3.05) is 6.61 Å². The molecule has 0 saturated carbocycles. The second-order valence-corrected chi connectivity index (χ2v) is 5.84. The summed E-state index contributed by atoms with van der Waals surface area (Å²) >= 11 is 1.18. The Kier molecular flexibility index (Phi) is 4.09. The van der Waals surface area contributed by atoms with Gasteiger partial charge in [0, 0.05) is 5.41 Å². The Balaban J connectivity index is 2.13. The Labute approximate surface area is 119 Å². The van der Waals surface area contributed by atoms with Crippen LogP contribution in [0.5, 0.6) is 0 Å². The zero-order chi connectivity index (χ0) is 14.8. The second-order valence-electron chi connectivity index (χ2n) is 5.09. The number of carboxylic acids is 1. The molecular weight excluding hydrogens is 284 g/mol. The first-order valence-electron chi connectivity index (χ1n) is 5.83. The Morgan fingerprint density at radius 3 is 2.75 bits per heavy atom. The van der Waals surface area contributed by atoms with Crippen LogP contribution < -0.4 is 0 Å². The molecule has 2 aromatic heterocycles. The van der Waals surface area contributed by atoms with Crippen molar-refractivity contribution in [2.24, 2.45) is 0 Å². The molecule has 20 heavy (non-hydrogen) atoms. The topological polar surface area (TPSA) is 111 Å². The summed E-state index contributed by atoms with van der Waals surface area (Å²) < 4.78 is 14.2. The highest BCUT2D eigenvalue weighted by Crippen LogP contribution is 2.33. The first kappa shape index (κ1) is 14.5. The van der Waals surface area contributed by atoms with E-state index in [9.17, 15) is 4.79 Å². The normalized spacial score (nSPS) is 11.8. The number of hydrogen-bond acceptors (Lipinski definition) is 8. The number of hydrogen-bond donors (Lipinski definition) is 1. The summed E-state index contributed by atoms with van der Waals surface area (Å²) in [4.78, 5) is 11.0. The highest BCUT2D eigenvalue weighted by Gasteiger charge is 2.26. The Morgan fingerprint density at radius 2 is 2.10 bits per heavy atom. The van der Waals surface area contributed by atoms with Gasteiger partial charge in [-0.3, -0.25) is 0 Å². The quantitative estimate of drug-likeness (QED) is 0.883. The van der Waals surface area contributed by atoms with Crippen LogP contribution in [0.2, 0.25) is 0 Å². The monoisotopic (exact) mass is 298 g/mol. The standard InChI is InChI=1S/C11H14N4O4S/c1-11(2,3)9-8(20-15-13-9)10-14-12-6(19-10)4-18-5-7(16)17/h4-5H2,1-3H3,(H,16,17). The van der Waals surface area contributed by atoms with Gasteiger partial charge in [0.2, 0.25) is 5.89 Å². The molecule has 2 rings (SSSR count). The van der Waals surface area contributed by atoms with Crippen LogP contribution in [0.4, 0.5) is 0 Å². The van der Waals surface area contributed by atoms with Crippen molar-refractivity contribution < 1.29 is 19.1 Å². The Bertz CT molecular complexity index is 602. The third kappa shape index (κ3) is 3.36. The summed E-state index contributed by atoms with van der Waals surface area (Å²) in [7, 11) is 0. The molecule has 2 aromatic rings. The third-order valence-electron chi connectivity index (χ3n) is 2.31. The van der Waals surface area contributed by atoms with Crippen LogP contribution in [0.15, 0.2) is 4.42 Å². The first-order chi connectivity index (χ1) is 9.38. The average molecular weight is 298 g/mol. The fourth-order valence-corrected chi connectivity index (χ4v) is 2.25. The molecule has 108 valence electrons. The average Bonchev–Trinajstić information content (AvgIpc) is 2.94. The molecule has 0 aliphatic rings. The van der Waals surface area contributed by atoms with Gasteiger partial charge in [0.25, 0.3) is 5.89 Å². The maximum Gasteiger partial charge on any atom is 0.329 e. The van der Waals surface area contributed by atoms with Crippen molar-refractivity contribution in [3.63, 3.8) is 0 Å². The molecule has 8 nitrogen and oxygen atoms in total. The number of carboxylic acid groups (broad SMARTS) is 1. The van der Waals surface area contributed by atoms with Crippen molar-refractivity contribution in [3.05, 3.63) is 11.6 Å². The molecule has 0 bridgehead atoms. The second kappa shape index (κ2) is 5.63. The van der Waals surface area contributed by atoms with Crippen LogP contribution in [0.3, 0.4) is 0 Å². The number of aliphatic carboxylic acids is 1. The molecule has 0 aliphatic heterocycles. The molecule has 9 heteroatoms. The van der Waals surface area contributed by atoms with E-state index in [-0.39, 0.29) is 17.9 Å². The van der Waals surface area contributed by atoms with E-state index in [1.807, 2.05) is 20.8 Å². The fraction of sp³-hybridized carbons (Fsp3) is 0.545. The summed E-state index contributed by atoms with van der Waals surface area (Å²) in [6.45, 7) is 5.59. The number of rotatable bonds is 5.